The maximum Gasteiger partial charge on any atom is 0.255 e. The molecule has 2 aromatic carbocycles. The molecule has 3 N–H and O–H groups in total. The molecule has 0 aromatic heterocycles. The maximum absolute atomic E-state index is 12.5. The van der Waals surface area contributed by atoms with Crippen molar-refractivity contribution in [2.24, 2.45) is 5.73 Å². The van der Waals surface area contributed by atoms with Gasteiger partial charge in [0.25, 0.3) is 5.91 Å². The lowest BCUT2D eigenvalue weighted by Gasteiger charge is -2.19. The molecule has 0 fully saturated rings. The van der Waals surface area contributed by atoms with E-state index in [9.17, 15) is 9.59 Å². The topological polar surface area (TPSA) is 93.9 Å². The van der Waals surface area contributed by atoms with Crippen LogP contribution in [-0.4, -0.2) is 26.5 Å². The number of hydrogen-bond donors (Lipinski definition) is 2. The van der Waals surface area contributed by atoms with Crippen molar-refractivity contribution in [1.29, 1.82) is 0 Å². The van der Waals surface area contributed by atoms with Crippen molar-refractivity contribution in [3.63, 3.8) is 0 Å². The number of rotatable bonds is 8. The van der Waals surface area contributed by atoms with Crippen LogP contribution >= 0.6 is 0 Å². The molecule has 30 heavy (non-hydrogen) atoms. The van der Waals surface area contributed by atoms with Gasteiger partial charge in [0.2, 0.25) is 6.41 Å². The normalized spacial score (nSPS) is 13.0. The van der Waals surface area contributed by atoms with Crippen molar-refractivity contribution in [1.82, 2.24) is 5.32 Å². The number of methoxy groups -OCH3 is 2. The van der Waals surface area contributed by atoms with Gasteiger partial charge in [-0.1, -0.05) is 24.3 Å². The van der Waals surface area contributed by atoms with Gasteiger partial charge in [0, 0.05) is 17.3 Å². The van der Waals surface area contributed by atoms with Crippen LogP contribution in [0.2, 0.25) is 0 Å². The van der Waals surface area contributed by atoms with E-state index in [4.69, 9.17) is 15.2 Å². The van der Waals surface area contributed by atoms with E-state index < -0.39 is 0 Å². The van der Waals surface area contributed by atoms with Gasteiger partial charge in [0.1, 0.15) is 0 Å². The van der Waals surface area contributed by atoms with E-state index in [0.29, 0.717) is 40.7 Å². The molecular formula is C23H25N3O4. The molecule has 7 heteroatoms. The smallest absolute Gasteiger partial charge is 0.255 e. The van der Waals surface area contributed by atoms with Crippen LogP contribution < -0.4 is 25.4 Å². The van der Waals surface area contributed by atoms with E-state index in [2.05, 4.69) is 5.32 Å². The first-order valence-corrected chi connectivity index (χ1v) is 9.56. The number of nitrogens with zero attached hydrogens (tertiary/aromatic N) is 1. The molecule has 0 radical (unpaired) electrons. The zero-order valence-corrected chi connectivity index (χ0v) is 17.1. The molecule has 3 rings (SSSR count). The van der Waals surface area contributed by atoms with Crippen LogP contribution in [0.3, 0.4) is 0 Å². The Bertz CT molecular complexity index is 980. The summed E-state index contributed by atoms with van der Waals surface area (Å²) in [6.45, 7) is 0.349. The SMILES string of the molecule is COc1ccc(N(C=O)Cc2ccc(C(=O)NC3=CCCC=C3N)cc2)cc1OC. The van der Waals surface area contributed by atoms with Crippen molar-refractivity contribution in [3.8, 4) is 11.5 Å². The number of nitrogens with two attached hydrogens (primary N) is 1. The van der Waals surface area contributed by atoms with E-state index >= 15 is 0 Å². The minimum Gasteiger partial charge on any atom is -0.493 e. The molecular weight excluding hydrogens is 382 g/mol. The minimum atomic E-state index is -0.224. The van der Waals surface area contributed by atoms with Gasteiger partial charge in [-0.3, -0.25) is 9.59 Å². The maximum atomic E-state index is 12.5. The molecule has 0 saturated carbocycles. The zero-order valence-electron chi connectivity index (χ0n) is 17.1. The van der Waals surface area contributed by atoms with Crippen molar-refractivity contribution in [3.05, 3.63) is 77.1 Å². The summed E-state index contributed by atoms with van der Waals surface area (Å²) in [5, 5.41) is 2.84. The Hall–Kier alpha value is -3.74. The quantitative estimate of drug-likeness (QED) is 0.656. The third-order valence-electron chi connectivity index (χ3n) is 4.83. The monoisotopic (exact) mass is 407 g/mol. The fourth-order valence-corrected chi connectivity index (χ4v) is 3.16. The number of anilines is 1. The average Bonchev–Trinajstić information content (AvgIpc) is 2.78. The van der Waals surface area contributed by atoms with E-state index in [-0.39, 0.29) is 5.91 Å². The number of ether oxygens (including phenoxy) is 2. The van der Waals surface area contributed by atoms with E-state index in [1.807, 2.05) is 24.3 Å². The van der Waals surface area contributed by atoms with Gasteiger partial charge >= 0.3 is 0 Å². The highest BCUT2D eigenvalue weighted by Crippen LogP contribution is 2.31. The fourth-order valence-electron chi connectivity index (χ4n) is 3.16. The predicted octanol–water partition coefficient (Wildman–Crippen LogP) is 3.12. The first-order valence-electron chi connectivity index (χ1n) is 9.56. The van der Waals surface area contributed by atoms with E-state index in [1.54, 1.807) is 49.5 Å². The number of hydrogen-bond acceptors (Lipinski definition) is 5. The van der Waals surface area contributed by atoms with Gasteiger partial charge in [0.05, 0.1) is 32.2 Å². The number of amides is 2. The Morgan fingerprint density at radius 1 is 1.07 bits per heavy atom. The number of carbonyl (C=O) groups excluding carboxylic acids is 2. The minimum absolute atomic E-state index is 0.224. The highest BCUT2D eigenvalue weighted by atomic mass is 16.5. The van der Waals surface area contributed by atoms with E-state index in [0.717, 1.165) is 24.8 Å². The third kappa shape index (κ3) is 4.81. The summed E-state index contributed by atoms with van der Waals surface area (Å²) in [7, 11) is 3.10. The molecule has 0 heterocycles. The summed E-state index contributed by atoms with van der Waals surface area (Å²) >= 11 is 0. The summed E-state index contributed by atoms with van der Waals surface area (Å²) in [5.41, 5.74) is 9.22. The van der Waals surface area contributed by atoms with Crippen molar-refractivity contribution in [2.75, 3.05) is 19.1 Å². The number of allylic oxidation sites excluding steroid dienone is 2. The number of carbonyl (C=O) groups is 2. The lowest BCUT2D eigenvalue weighted by Crippen LogP contribution is -2.27. The highest BCUT2D eigenvalue weighted by molar-refractivity contribution is 5.95. The zero-order chi connectivity index (χ0) is 21.5. The van der Waals surface area contributed by atoms with Crippen LogP contribution in [0.4, 0.5) is 5.69 Å². The van der Waals surface area contributed by atoms with Crippen LogP contribution in [0.1, 0.15) is 28.8 Å². The Kier molecular flexibility index (Phi) is 6.75. The van der Waals surface area contributed by atoms with Gasteiger partial charge in [-0.05, 0) is 42.7 Å². The molecule has 1 aliphatic rings. The standard InChI is InChI=1S/C23H25N3O4/c1-29-21-12-11-18(13-22(21)30-2)26(15-27)14-16-7-9-17(10-8-16)23(28)25-20-6-4-3-5-19(20)24/h5-13,15H,3-4,14,24H2,1-2H3,(H,25,28). The molecule has 7 nitrogen and oxygen atoms in total. The molecule has 156 valence electrons. The summed E-state index contributed by atoms with van der Waals surface area (Å²) in [6.07, 6.45) is 6.32. The molecule has 1 aliphatic carbocycles. The van der Waals surface area contributed by atoms with Crippen LogP contribution in [0.5, 0.6) is 11.5 Å². The largest absolute Gasteiger partial charge is 0.493 e. The van der Waals surface area contributed by atoms with Crippen LogP contribution in [0, 0.1) is 0 Å². The molecule has 2 aromatic rings. The fraction of sp³-hybridized carbons (Fsp3) is 0.217. The molecule has 0 aliphatic heterocycles. The molecule has 0 unspecified atom stereocenters. The second-order valence-electron chi connectivity index (χ2n) is 6.78. The van der Waals surface area contributed by atoms with Crippen LogP contribution in [-0.2, 0) is 11.3 Å². The lowest BCUT2D eigenvalue weighted by molar-refractivity contribution is -0.107. The summed E-state index contributed by atoms with van der Waals surface area (Å²) in [6, 6.07) is 12.4. The molecule has 0 spiro atoms. The van der Waals surface area contributed by atoms with Gasteiger partial charge in [-0.2, -0.15) is 0 Å². The van der Waals surface area contributed by atoms with Gasteiger partial charge in [-0.25, -0.2) is 0 Å². The van der Waals surface area contributed by atoms with E-state index in [1.165, 1.54) is 0 Å². The number of nitrogens with one attached hydrogen (secondary N) is 1. The Labute approximate surface area is 175 Å². The lowest BCUT2D eigenvalue weighted by atomic mass is 10.1. The highest BCUT2D eigenvalue weighted by Gasteiger charge is 2.13. The van der Waals surface area contributed by atoms with Gasteiger partial charge < -0.3 is 25.4 Å². The van der Waals surface area contributed by atoms with Crippen LogP contribution in [0.25, 0.3) is 0 Å². The van der Waals surface area contributed by atoms with Gasteiger partial charge in [0.15, 0.2) is 11.5 Å². The third-order valence-corrected chi connectivity index (χ3v) is 4.83. The van der Waals surface area contributed by atoms with Crippen molar-refractivity contribution in [2.45, 2.75) is 19.4 Å². The van der Waals surface area contributed by atoms with Crippen LogP contribution in [0.15, 0.2) is 66.0 Å². The first kappa shape index (κ1) is 21.0. The second-order valence-corrected chi connectivity index (χ2v) is 6.78. The second kappa shape index (κ2) is 9.65. The Morgan fingerprint density at radius 3 is 2.40 bits per heavy atom. The molecule has 0 atom stereocenters. The molecule has 0 bridgehead atoms. The Morgan fingerprint density at radius 2 is 1.77 bits per heavy atom. The van der Waals surface area contributed by atoms with Gasteiger partial charge in [-0.15, -0.1) is 0 Å². The number of benzene rings is 2. The molecule has 2 amide bonds. The summed E-state index contributed by atoms with van der Waals surface area (Å²) in [5.74, 6) is 0.906. The molecule has 0 saturated heterocycles. The summed E-state index contributed by atoms with van der Waals surface area (Å²) in [4.78, 5) is 25.7. The van der Waals surface area contributed by atoms with Crippen molar-refractivity contribution < 1.29 is 19.1 Å². The average molecular weight is 407 g/mol. The first-order chi connectivity index (χ1) is 14.5. The van der Waals surface area contributed by atoms with Crippen molar-refractivity contribution >= 4 is 18.0 Å². The summed E-state index contributed by atoms with van der Waals surface area (Å²) < 4.78 is 10.5. The predicted molar refractivity (Wildman–Crippen MR) is 115 cm³/mol. The Balaban J connectivity index is 1.69.